The van der Waals surface area contributed by atoms with Gasteiger partial charge in [-0.15, -0.1) is 0 Å². The number of carbonyl (C=O) groups is 1. The summed E-state index contributed by atoms with van der Waals surface area (Å²) in [5.41, 5.74) is 2.54. The molecular formula is C37H64O2. The number of rotatable bonds is 14. The van der Waals surface area contributed by atoms with E-state index in [-0.39, 0.29) is 12.1 Å². The van der Waals surface area contributed by atoms with Gasteiger partial charge in [0.2, 0.25) is 0 Å². The van der Waals surface area contributed by atoms with E-state index in [0.717, 1.165) is 54.8 Å². The fourth-order valence-corrected chi connectivity index (χ4v) is 10.2. The topological polar surface area (TPSA) is 26.3 Å². The summed E-state index contributed by atoms with van der Waals surface area (Å²) in [4.78, 5) is 12.6. The molecule has 0 aromatic heterocycles. The van der Waals surface area contributed by atoms with Crippen LogP contribution < -0.4 is 0 Å². The minimum absolute atomic E-state index is 0.0550. The zero-order chi connectivity index (χ0) is 28.0. The van der Waals surface area contributed by atoms with Gasteiger partial charge < -0.3 is 4.74 Å². The van der Waals surface area contributed by atoms with Crippen molar-refractivity contribution in [3.05, 3.63) is 11.6 Å². The van der Waals surface area contributed by atoms with Crippen LogP contribution in [0.4, 0.5) is 0 Å². The normalized spacial score (nSPS) is 36.6. The summed E-state index contributed by atoms with van der Waals surface area (Å²) in [6.07, 6.45) is 26.7. The molecule has 0 amide bonds. The van der Waals surface area contributed by atoms with Crippen LogP contribution >= 0.6 is 0 Å². The lowest BCUT2D eigenvalue weighted by Crippen LogP contribution is -2.51. The van der Waals surface area contributed by atoms with Gasteiger partial charge in [0.05, 0.1) is 0 Å². The van der Waals surface area contributed by atoms with E-state index in [0.29, 0.717) is 17.3 Å². The molecular weight excluding hydrogens is 476 g/mol. The van der Waals surface area contributed by atoms with E-state index < -0.39 is 0 Å². The quantitative estimate of drug-likeness (QED) is 0.124. The van der Waals surface area contributed by atoms with E-state index in [4.69, 9.17) is 4.74 Å². The smallest absolute Gasteiger partial charge is 0.306 e. The summed E-state index contributed by atoms with van der Waals surface area (Å²) in [6, 6.07) is 0. The maximum absolute atomic E-state index is 12.6. The van der Waals surface area contributed by atoms with Crippen molar-refractivity contribution in [2.75, 3.05) is 0 Å². The largest absolute Gasteiger partial charge is 0.462 e. The Bertz CT molecular complexity index is 812. The lowest BCUT2D eigenvalue weighted by atomic mass is 9.47. The maximum atomic E-state index is 12.6. The van der Waals surface area contributed by atoms with E-state index in [1.54, 1.807) is 5.57 Å². The third-order valence-electron chi connectivity index (χ3n) is 12.5. The Labute approximate surface area is 242 Å². The highest BCUT2D eigenvalue weighted by molar-refractivity contribution is 5.69. The summed E-state index contributed by atoms with van der Waals surface area (Å²) >= 11 is 0. The van der Waals surface area contributed by atoms with Gasteiger partial charge in [-0.2, -0.15) is 0 Å². The second-order valence-electron chi connectivity index (χ2n) is 15.5. The van der Waals surface area contributed by atoms with Gasteiger partial charge in [-0.25, -0.2) is 0 Å². The third kappa shape index (κ3) is 7.17. The molecule has 0 radical (unpaired) electrons. The maximum Gasteiger partial charge on any atom is 0.306 e. The van der Waals surface area contributed by atoms with Crippen LogP contribution in [0.25, 0.3) is 0 Å². The Morgan fingerprint density at radius 3 is 2.38 bits per heavy atom. The summed E-state index contributed by atoms with van der Waals surface area (Å²) < 4.78 is 6.06. The van der Waals surface area contributed by atoms with Gasteiger partial charge in [-0.3, -0.25) is 4.79 Å². The molecule has 0 bridgehead atoms. The molecule has 0 aliphatic heterocycles. The second-order valence-corrected chi connectivity index (χ2v) is 15.5. The highest BCUT2D eigenvalue weighted by Crippen LogP contribution is 2.67. The van der Waals surface area contributed by atoms with Crippen molar-refractivity contribution in [1.82, 2.24) is 0 Å². The van der Waals surface area contributed by atoms with Crippen LogP contribution in [-0.2, 0) is 9.53 Å². The monoisotopic (exact) mass is 540 g/mol. The first-order chi connectivity index (χ1) is 18.7. The van der Waals surface area contributed by atoms with Crippen molar-refractivity contribution >= 4 is 5.97 Å². The van der Waals surface area contributed by atoms with Gasteiger partial charge in [0.15, 0.2) is 0 Å². The number of ether oxygens (including phenoxy) is 1. The third-order valence-corrected chi connectivity index (χ3v) is 12.5. The van der Waals surface area contributed by atoms with Gasteiger partial charge in [0.25, 0.3) is 0 Å². The van der Waals surface area contributed by atoms with E-state index in [1.165, 1.54) is 96.3 Å². The molecule has 8 atom stereocenters. The molecule has 2 nitrogen and oxygen atoms in total. The van der Waals surface area contributed by atoms with E-state index in [1.807, 2.05) is 0 Å². The first-order valence-electron chi connectivity index (χ1n) is 17.6. The Balaban J connectivity index is 1.29. The van der Waals surface area contributed by atoms with Crippen molar-refractivity contribution in [2.24, 2.45) is 46.3 Å². The summed E-state index contributed by atoms with van der Waals surface area (Å²) in [5.74, 6) is 5.34. The van der Waals surface area contributed by atoms with Crippen molar-refractivity contribution in [2.45, 2.75) is 170 Å². The molecule has 4 aliphatic rings. The molecule has 4 rings (SSSR count). The van der Waals surface area contributed by atoms with Crippen LogP contribution in [-0.4, -0.2) is 12.1 Å². The first-order valence-corrected chi connectivity index (χ1v) is 17.6. The Kier molecular flexibility index (Phi) is 11.1. The molecule has 224 valence electrons. The highest BCUT2D eigenvalue weighted by Gasteiger charge is 2.59. The van der Waals surface area contributed by atoms with Crippen LogP contribution in [0.2, 0.25) is 0 Å². The number of allylic oxidation sites excluding steroid dienone is 1. The molecule has 0 aromatic carbocycles. The van der Waals surface area contributed by atoms with Crippen molar-refractivity contribution in [1.29, 1.82) is 0 Å². The van der Waals surface area contributed by atoms with Crippen LogP contribution in [0.5, 0.6) is 0 Å². The minimum Gasteiger partial charge on any atom is -0.462 e. The average Bonchev–Trinajstić information content (AvgIpc) is 3.25. The number of fused-ring (bicyclic) bond motifs is 5. The molecule has 0 unspecified atom stereocenters. The van der Waals surface area contributed by atoms with Gasteiger partial charge in [0, 0.05) is 12.8 Å². The van der Waals surface area contributed by atoms with Crippen LogP contribution in [0.15, 0.2) is 11.6 Å². The molecule has 39 heavy (non-hydrogen) atoms. The standard InChI is InChI=1S/C37H64O2/c1-7-8-9-10-11-12-13-17-35(38)39-30-22-24-36(5)29(26-30)18-19-31-33-21-20-32(28(4)16-14-15-27(2)3)37(33,6)25-23-34(31)36/h18,27-28,30-34H,7-17,19-26H2,1-6H3/t28-,30-,31+,32-,33+,34+,36+,37-/m1/s1. The SMILES string of the molecule is CCCCCCCCCC(=O)O[C@@H]1CC[C@@]2(C)C(=CC[C@H]3[C@@H]4CC[C@H]([C@H](C)CCCC(C)C)[C@@]4(C)CC[C@@H]32)C1. The molecule has 0 saturated heterocycles. The van der Waals surface area contributed by atoms with Gasteiger partial charge >= 0.3 is 5.97 Å². The van der Waals surface area contributed by atoms with Crippen LogP contribution in [0, 0.1) is 46.3 Å². The molecule has 0 spiro atoms. The van der Waals surface area contributed by atoms with E-state index in [9.17, 15) is 4.79 Å². The average molecular weight is 541 g/mol. The van der Waals surface area contributed by atoms with Crippen LogP contribution in [0.1, 0.15) is 164 Å². The van der Waals surface area contributed by atoms with Crippen molar-refractivity contribution < 1.29 is 9.53 Å². The lowest BCUT2D eigenvalue weighted by molar-refractivity contribution is -0.151. The fraction of sp³-hybridized carbons (Fsp3) is 0.919. The zero-order valence-corrected chi connectivity index (χ0v) is 26.9. The summed E-state index contributed by atoms with van der Waals surface area (Å²) in [5, 5.41) is 0. The molecule has 4 aliphatic carbocycles. The number of hydrogen-bond acceptors (Lipinski definition) is 2. The van der Waals surface area contributed by atoms with Crippen LogP contribution in [0.3, 0.4) is 0 Å². The number of esters is 1. The number of carbonyl (C=O) groups excluding carboxylic acids is 1. The molecule has 0 N–H and O–H groups in total. The summed E-state index contributed by atoms with van der Waals surface area (Å²) in [7, 11) is 0. The number of unbranched alkanes of at least 4 members (excludes halogenated alkanes) is 6. The Morgan fingerprint density at radius 1 is 0.897 bits per heavy atom. The Hall–Kier alpha value is -0.790. The first kappa shape index (κ1) is 31.2. The summed E-state index contributed by atoms with van der Waals surface area (Å²) in [6.45, 7) is 14.9. The van der Waals surface area contributed by atoms with E-state index >= 15 is 0 Å². The molecule has 2 heteroatoms. The number of hydrogen-bond donors (Lipinski definition) is 0. The predicted molar refractivity (Wildman–Crippen MR) is 166 cm³/mol. The van der Waals surface area contributed by atoms with E-state index in [2.05, 4.69) is 47.6 Å². The second kappa shape index (κ2) is 13.9. The zero-order valence-electron chi connectivity index (χ0n) is 26.9. The molecule has 3 fully saturated rings. The highest BCUT2D eigenvalue weighted by atomic mass is 16.5. The molecule has 0 aromatic rings. The van der Waals surface area contributed by atoms with Gasteiger partial charge in [-0.1, -0.05) is 111 Å². The predicted octanol–water partition coefficient (Wildman–Crippen LogP) is 11.1. The molecule has 3 saturated carbocycles. The van der Waals surface area contributed by atoms with Crippen molar-refractivity contribution in [3.8, 4) is 0 Å². The van der Waals surface area contributed by atoms with Crippen molar-refractivity contribution in [3.63, 3.8) is 0 Å². The Morgan fingerprint density at radius 2 is 1.64 bits per heavy atom. The minimum atomic E-state index is 0.0550. The fourth-order valence-electron chi connectivity index (χ4n) is 10.2. The van der Waals surface area contributed by atoms with Gasteiger partial charge in [0.1, 0.15) is 6.10 Å². The molecule has 0 heterocycles. The lowest BCUT2D eigenvalue weighted by Gasteiger charge is -2.58. The van der Waals surface area contributed by atoms with Gasteiger partial charge in [-0.05, 0) is 97.7 Å².